The van der Waals surface area contributed by atoms with Gasteiger partial charge in [0.1, 0.15) is 0 Å². The van der Waals surface area contributed by atoms with Crippen LogP contribution in [-0.4, -0.2) is 17.8 Å². The Hall–Kier alpha value is -1.64. The van der Waals surface area contributed by atoms with Crippen LogP contribution in [0.25, 0.3) is 0 Å². The number of benzene rings is 2. The van der Waals surface area contributed by atoms with Crippen LogP contribution in [0.1, 0.15) is 53.7 Å². The molecule has 0 radical (unpaired) electrons. The molecule has 0 amide bonds. The predicted molar refractivity (Wildman–Crippen MR) is 93.7 cm³/mol. The summed E-state index contributed by atoms with van der Waals surface area (Å²) in [6.45, 7) is 4.97. The van der Waals surface area contributed by atoms with E-state index in [1.54, 1.807) is 0 Å². The van der Waals surface area contributed by atoms with Gasteiger partial charge in [-0.25, -0.2) is 0 Å². The minimum atomic E-state index is -0.236. The Bertz CT molecular complexity index is 645. The van der Waals surface area contributed by atoms with Gasteiger partial charge in [0.2, 0.25) is 0 Å². The third kappa shape index (κ3) is 4.01. The van der Waals surface area contributed by atoms with E-state index in [0.29, 0.717) is 13.0 Å². The molecule has 0 aliphatic carbocycles. The van der Waals surface area contributed by atoms with E-state index in [1.165, 1.54) is 27.8 Å². The number of ether oxygens (including phenoxy) is 1. The van der Waals surface area contributed by atoms with Gasteiger partial charge in [0, 0.05) is 13.0 Å². The summed E-state index contributed by atoms with van der Waals surface area (Å²) in [5.41, 5.74) is 6.60. The molecule has 2 nitrogen and oxygen atoms in total. The molecule has 2 unspecified atom stereocenters. The van der Waals surface area contributed by atoms with Crippen LogP contribution in [0.2, 0.25) is 0 Å². The van der Waals surface area contributed by atoms with E-state index in [1.807, 2.05) is 0 Å². The van der Waals surface area contributed by atoms with Crippen molar-refractivity contribution in [3.8, 4) is 0 Å². The van der Waals surface area contributed by atoms with Crippen molar-refractivity contribution < 1.29 is 9.84 Å². The summed E-state index contributed by atoms with van der Waals surface area (Å²) in [6, 6.07) is 15.4. The van der Waals surface area contributed by atoms with E-state index in [4.69, 9.17) is 4.74 Å². The Morgan fingerprint density at radius 2 is 1.87 bits per heavy atom. The van der Waals surface area contributed by atoms with Crippen LogP contribution in [-0.2, 0) is 17.6 Å². The molecule has 23 heavy (non-hydrogen) atoms. The monoisotopic (exact) mass is 310 g/mol. The van der Waals surface area contributed by atoms with Crippen molar-refractivity contribution in [3.05, 3.63) is 70.3 Å². The zero-order valence-electron chi connectivity index (χ0n) is 14.1. The predicted octanol–water partition coefficient (Wildman–Crippen LogP) is 4.36. The SMILES string of the molecule is CCc1ccc(C2CC(O)CCO2)cc1Cc1ccc(C)cc1. The molecule has 0 bridgehead atoms. The topological polar surface area (TPSA) is 29.5 Å². The molecule has 2 aromatic carbocycles. The number of hydrogen-bond acceptors (Lipinski definition) is 2. The van der Waals surface area contributed by atoms with Gasteiger partial charge in [-0.3, -0.25) is 0 Å². The van der Waals surface area contributed by atoms with Crippen molar-refractivity contribution in [2.75, 3.05) is 6.61 Å². The minimum Gasteiger partial charge on any atom is -0.393 e. The average Bonchev–Trinajstić information content (AvgIpc) is 2.57. The third-order valence-corrected chi connectivity index (χ3v) is 4.75. The van der Waals surface area contributed by atoms with Gasteiger partial charge < -0.3 is 9.84 Å². The van der Waals surface area contributed by atoms with Gasteiger partial charge in [0.25, 0.3) is 0 Å². The highest BCUT2D eigenvalue weighted by Crippen LogP contribution is 2.30. The summed E-state index contributed by atoms with van der Waals surface area (Å²) in [5, 5.41) is 9.89. The fourth-order valence-electron chi connectivity index (χ4n) is 3.29. The van der Waals surface area contributed by atoms with Crippen LogP contribution >= 0.6 is 0 Å². The number of hydrogen-bond donors (Lipinski definition) is 1. The lowest BCUT2D eigenvalue weighted by molar-refractivity contribution is -0.0448. The molecule has 1 aliphatic heterocycles. The van der Waals surface area contributed by atoms with Crippen molar-refractivity contribution in [1.29, 1.82) is 0 Å². The molecule has 3 rings (SSSR count). The summed E-state index contributed by atoms with van der Waals surface area (Å²) in [7, 11) is 0. The van der Waals surface area contributed by atoms with Crippen molar-refractivity contribution in [2.45, 2.75) is 51.7 Å². The van der Waals surface area contributed by atoms with E-state index >= 15 is 0 Å². The first-order valence-corrected chi connectivity index (χ1v) is 8.62. The smallest absolute Gasteiger partial charge is 0.0849 e. The molecule has 1 aliphatic rings. The molecule has 122 valence electrons. The van der Waals surface area contributed by atoms with Crippen LogP contribution in [0.4, 0.5) is 0 Å². The Labute approximate surface area is 139 Å². The van der Waals surface area contributed by atoms with Crippen molar-refractivity contribution in [2.24, 2.45) is 0 Å². The molecule has 2 atom stereocenters. The Morgan fingerprint density at radius 1 is 1.09 bits per heavy atom. The molecule has 1 heterocycles. The molecule has 0 saturated carbocycles. The molecular weight excluding hydrogens is 284 g/mol. The molecule has 1 saturated heterocycles. The number of aryl methyl sites for hydroxylation is 2. The second-order valence-corrected chi connectivity index (χ2v) is 6.58. The van der Waals surface area contributed by atoms with Gasteiger partial charge in [-0.15, -0.1) is 0 Å². The van der Waals surface area contributed by atoms with Gasteiger partial charge in [0.15, 0.2) is 0 Å². The van der Waals surface area contributed by atoms with Crippen molar-refractivity contribution in [3.63, 3.8) is 0 Å². The first-order valence-electron chi connectivity index (χ1n) is 8.62. The fraction of sp³-hybridized carbons (Fsp3) is 0.429. The standard InChI is InChI=1S/C21H26O2/c1-3-17-8-9-18(21-14-20(22)10-11-23-21)13-19(17)12-16-6-4-15(2)5-7-16/h4-9,13,20-22H,3,10-12,14H2,1-2H3. The maximum Gasteiger partial charge on any atom is 0.0849 e. The molecule has 1 N–H and O–H groups in total. The van der Waals surface area contributed by atoms with Crippen LogP contribution in [0, 0.1) is 6.92 Å². The summed E-state index contributed by atoms with van der Waals surface area (Å²) < 4.78 is 5.87. The van der Waals surface area contributed by atoms with E-state index in [-0.39, 0.29) is 12.2 Å². The fourth-order valence-corrected chi connectivity index (χ4v) is 3.29. The minimum absolute atomic E-state index is 0.0291. The zero-order chi connectivity index (χ0) is 16.2. The lowest BCUT2D eigenvalue weighted by Crippen LogP contribution is -2.23. The van der Waals surface area contributed by atoms with Gasteiger partial charge >= 0.3 is 0 Å². The summed E-state index contributed by atoms with van der Waals surface area (Å²) >= 11 is 0. The lowest BCUT2D eigenvalue weighted by Gasteiger charge is -2.27. The molecule has 0 aromatic heterocycles. The van der Waals surface area contributed by atoms with Crippen LogP contribution in [0.3, 0.4) is 0 Å². The molecule has 2 aromatic rings. The van der Waals surface area contributed by atoms with Gasteiger partial charge in [-0.05, 0) is 48.4 Å². The number of rotatable bonds is 4. The molecule has 1 fully saturated rings. The summed E-state index contributed by atoms with van der Waals surface area (Å²) in [5.74, 6) is 0. The third-order valence-electron chi connectivity index (χ3n) is 4.75. The van der Waals surface area contributed by atoms with Crippen molar-refractivity contribution in [1.82, 2.24) is 0 Å². The Kier molecular flexibility index (Phi) is 5.14. The first kappa shape index (κ1) is 16.2. The Morgan fingerprint density at radius 3 is 2.57 bits per heavy atom. The second-order valence-electron chi connectivity index (χ2n) is 6.58. The molecule has 0 spiro atoms. The highest BCUT2D eigenvalue weighted by Gasteiger charge is 2.22. The zero-order valence-corrected chi connectivity index (χ0v) is 14.1. The van der Waals surface area contributed by atoms with Gasteiger partial charge in [-0.1, -0.05) is 55.0 Å². The quantitative estimate of drug-likeness (QED) is 0.909. The van der Waals surface area contributed by atoms with E-state index < -0.39 is 0 Å². The maximum atomic E-state index is 9.89. The normalized spacial score (nSPS) is 21.3. The van der Waals surface area contributed by atoms with E-state index in [0.717, 1.165) is 19.3 Å². The van der Waals surface area contributed by atoms with Gasteiger partial charge in [0.05, 0.1) is 12.2 Å². The summed E-state index contributed by atoms with van der Waals surface area (Å²) in [4.78, 5) is 0. The van der Waals surface area contributed by atoms with Gasteiger partial charge in [-0.2, -0.15) is 0 Å². The Balaban J connectivity index is 1.85. The maximum absolute atomic E-state index is 9.89. The van der Waals surface area contributed by atoms with Crippen molar-refractivity contribution >= 4 is 0 Å². The lowest BCUT2D eigenvalue weighted by atomic mass is 9.92. The van der Waals surface area contributed by atoms with E-state index in [9.17, 15) is 5.11 Å². The average molecular weight is 310 g/mol. The molecular formula is C21H26O2. The highest BCUT2D eigenvalue weighted by molar-refractivity contribution is 5.37. The molecule has 2 heteroatoms. The largest absolute Gasteiger partial charge is 0.393 e. The highest BCUT2D eigenvalue weighted by atomic mass is 16.5. The van der Waals surface area contributed by atoms with Crippen LogP contribution < -0.4 is 0 Å². The first-order chi connectivity index (χ1) is 11.2. The number of aliphatic hydroxyl groups is 1. The van der Waals surface area contributed by atoms with Crippen LogP contribution in [0.15, 0.2) is 42.5 Å². The second kappa shape index (κ2) is 7.29. The number of aliphatic hydroxyl groups excluding tert-OH is 1. The summed E-state index contributed by atoms with van der Waals surface area (Å²) in [6.07, 6.45) is 3.23. The van der Waals surface area contributed by atoms with E-state index in [2.05, 4.69) is 56.3 Å². The van der Waals surface area contributed by atoms with Crippen LogP contribution in [0.5, 0.6) is 0 Å².